The van der Waals surface area contributed by atoms with Crippen molar-refractivity contribution in [2.24, 2.45) is 0 Å². The molecule has 190 valence electrons. The van der Waals surface area contributed by atoms with Gasteiger partial charge in [-0.2, -0.15) is 0 Å². The lowest BCUT2D eigenvalue weighted by atomic mass is 10.2. The molecule has 0 bridgehead atoms. The molecule has 1 amide bonds. The average Bonchev–Trinajstić information content (AvgIpc) is 2.89. The first-order valence-corrected chi connectivity index (χ1v) is 13.2. The predicted molar refractivity (Wildman–Crippen MR) is 139 cm³/mol. The highest BCUT2D eigenvalue weighted by Crippen LogP contribution is 2.32. The van der Waals surface area contributed by atoms with Gasteiger partial charge < -0.3 is 14.8 Å². The maximum absolute atomic E-state index is 13.5. The Morgan fingerprint density at radius 2 is 1.56 bits per heavy atom. The molecule has 0 unspecified atom stereocenters. The van der Waals surface area contributed by atoms with Gasteiger partial charge in [-0.1, -0.05) is 43.7 Å². The van der Waals surface area contributed by atoms with E-state index in [-0.39, 0.29) is 10.6 Å². The number of benzene rings is 3. The summed E-state index contributed by atoms with van der Waals surface area (Å²) in [7, 11) is -4.08. The molecule has 0 saturated carbocycles. The number of unbranched alkanes of at least 4 members (excludes halogenated alkanes) is 1. The molecule has 0 heterocycles. The fourth-order valence-electron chi connectivity index (χ4n) is 3.37. The van der Waals surface area contributed by atoms with Crippen LogP contribution >= 0.6 is 0 Å². The van der Waals surface area contributed by atoms with E-state index >= 15 is 0 Å². The number of para-hydroxylation sites is 2. The number of nitrogens with zero attached hydrogens (tertiary/aromatic N) is 1. The van der Waals surface area contributed by atoms with Gasteiger partial charge in [-0.3, -0.25) is 9.10 Å². The van der Waals surface area contributed by atoms with Gasteiger partial charge >= 0.3 is 5.97 Å². The Balaban J connectivity index is 1.82. The normalized spacial score (nSPS) is 10.9. The number of nitrogens with one attached hydrogen (secondary N) is 1. The van der Waals surface area contributed by atoms with Gasteiger partial charge in [0.1, 0.15) is 12.3 Å². The first kappa shape index (κ1) is 26.7. The van der Waals surface area contributed by atoms with Crippen LogP contribution in [-0.4, -0.2) is 40.1 Å². The largest absolute Gasteiger partial charge is 0.492 e. The van der Waals surface area contributed by atoms with Gasteiger partial charge in [0.2, 0.25) is 5.91 Å². The fraction of sp³-hybridized carbons (Fsp3) is 0.259. The van der Waals surface area contributed by atoms with Crippen LogP contribution in [0.4, 0.5) is 11.4 Å². The van der Waals surface area contributed by atoms with Crippen LogP contribution < -0.4 is 14.4 Å². The average molecular weight is 511 g/mol. The standard InChI is InChI=1S/C27H30N2O6S/c1-3-5-19-35-27(31)21-15-17-22(18-16-21)28-26(30)20-29(24-13-9-10-14-25(24)34-4-2)36(32,33)23-11-7-6-8-12-23/h6-18H,3-5,19-20H2,1-2H3,(H,28,30). The summed E-state index contributed by atoms with van der Waals surface area (Å²) in [6.07, 6.45) is 1.71. The number of amides is 1. The first-order valence-electron chi connectivity index (χ1n) is 11.7. The van der Waals surface area contributed by atoms with E-state index in [1.165, 1.54) is 12.1 Å². The second-order valence-corrected chi connectivity index (χ2v) is 9.70. The van der Waals surface area contributed by atoms with Crippen molar-refractivity contribution in [2.45, 2.75) is 31.6 Å². The van der Waals surface area contributed by atoms with E-state index in [1.807, 2.05) is 6.92 Å². The summed E-state index contributed by atoms with van der Waals surface area (Å²) in [6, 6.07) is 20.8. The number of carbonyl (C=O) groups is 2. The van der Waals surface area contributed by atoms with Gasteiger partial charge in [-0.05, 0) is 61.9 Å². The highest BCUT2D eigenvalue weighted by molar-refractivity contribution is 7.92. The van der Waals surface area contributed by atoms with E-state index in [0.717, 1.165) is 17.1 Å². The number of hydrogen-bond acceptors (Lipinski definition) is 6. The minimum absolute atomic E-state index is 0.0510. The van der Waals surface area contributed by atoms with Crippen molar-refractivity contribution < 1.29 is 27.5 Å². The first-order chi connectivity index (χ1) is 17.4. The van der Waals surface area contributed by atoms with Gasteiger partial charge in [-0.25, -0.2) is 13.2 Å². The number of sulfonamides is 1. The molecule has 0 saturated heterocycles. The van der Waals surface area contributed by atoms with Gasteiger partial charge in [0.05, 0.1) is 29.4 Å². The van der Waals surface area contributed by atoms with Gasteiger partial charge in [0.25, 0.3) is 10.0 Å². The summed E-state index contributed by atoms with van der Waals surface area (Å²) in [5.41, 5.74) is 1.03. The van der Waals surface area contributed by atoms with Crippen LogP contribution in [0.15, 0.2) is 83.8 Å². The minimum atomic E-state index is -4.08. The van der Waals surface area contributed by atoms with Crippen molar-refractivity contribution >= 4 is 33.3 Å². The number of ether oxygens (including phenoxy) is 2. The molecule has 0 radical (unpaired) electrons. The van der Waals surface area contributed by atoms with Crippen molar-refractivity contribution in [2.75, 3.05) is 29.4 Å². The minimum Gasteiger partial charge on any atom is -0.492 e. The Hall–Kier alpha value is -3.85. The van der Waals surface area contributed by atoms with Crippen molar-refractivity contribution in [3.8, 4) is 5.75 Å². The Morgan fingerprint density at radius 3 is 2.22 bits per heavy atom. The number of esters is 1. The van der Waals surface area contributed by atoms with Crippen LogP contribution in [0.25, 0.3) is 0 Å². The third-order valence-electron chi connectivity index (χ3n) is 5.19. The molecule has 0 aliphatic rings. The quantitative estimate of drug-likeness (QED) is 0.275. The molecule has 0 fully saturated rings. The Morgan fingerprint density at radius 1 is 0.889 bits per heavy atom. The van der Waals surface area contributed by atoms with Gasteiger partial charge in [0, 0.05) is 5.69 Å². The van der Waals surface area contributed by atoms with Gasteiger partial charge in [0.15, 0.2) is 0 Å². The maximum atomic E-state index is 13.5. The van der Waals surface area contributed by atoms with Gasteiger partial charge in [-0.15, -0.1) is 0 Å². The molecule has 8 nitrogen and oxygen atoms in total. The van der Waals surface area contributed by atoms with E-state index in [4.69, 9.17) is 9.47 Å². The van der Waals surface area contributed by atoms with Crippen LogP contribution in [0.2, 0.25) is 0 Å². The van der Waals surface area contributed by atoms with E-state index in [9.17, 15) is 18.0 Å². The highest BCUT2D eigenvalue weighted by atomic mass is 32.2. The van der Waals surface area contributed by atoms with Crippen LogP contribution in [0, 0.1) is 0 Å². The molecule has 0 spiro atoms. The number of hydrogen-bond donors (Lipinski definition) is 1. The van der Waals surface area contributed by atoms with Crippen LogP contribution in [0.3, 0.4) is 0 Å². The zero-order chi connectivity index (χ0) is 26.0. The summed E-state index contributed by atoms with van der Waals surface area (Å²) in [6.45, 7) is 4.00. The second kappa shape index (κ2) is 12.7. The fourth-order valence-corrected chi connectivity index (χ4v) is 4.83. The second-order valence-electron chi connectivity index (χ2n) is 7.84. The highest BCUT2D eigenvalue weighted by Gasteiger charge is 2.29. The molecule has 3 aromatic carbocycles. The third kappa shape index (κ3) is 6.85. The lowest BCUT2D eigenvalue weighted by Gasteiger charge is -2.26. The SMILES string of the molecule is CCCCOC(=O)c1ccc(NC(=O)CN(c2ccccc2OCC)S(=O)(=O)c2ccccc2)cc1. The number of rotatable bonds is 12. The van der Waals surface area contributed by atoms with E-state index in [2.05, 4.69) is 5.32 Å². The summed E-state index contributed by atoms with van der Waals surface area (Å²) >= 11 is 0. The summed E-state index contributed by atoms with van der Waals surface area (Å²) < 4.78 is 38.9. The lowest BCUT2D eigenvalue weighted by molar-refractivity contribution is -0.114. The third-order valence-corrected chi connectivity index (χ3v) is 6.96. The molecular weight excluding hydrogens is 480 g/mol. The Bertz CT molecular complexity index is 1260. The van der Waals surface area contributed by atoms with E-state index in [0.29, 0.717) is 30.2 Å². The molecule has 0 atom stereocenters. The molecule has 3 aromatic rings. The molecule has 0 aliphatic carbocycles. The summed E-state index contributed by atoms with van der Waals surface area (Å²) in [5, 5.41) is 2.70. The van der Waals surface area contributed by atoms with Crippen molar-refractivity contribution in [3.63, 3.8) is 0 Å². The molecular formula is C27H30N2O6S. The molecule has 1 N–H and O–H groups in total. The number of carbonyl (C=O) groups excluding carboxylic acids is 2. The number of anilines is 2. The molecule has 36 heavy (non-hydrogen) atoms. The predicted octanol–water partition coefficient (Wildman–Crippen LogP) is 4.88. The molecule has 0 aliphatic heterocycles. The zero-order valence-corrected chi connectivity index (χ0v) is 21.2. The Labute approximate surface area is 211 Å². The monoisotopic (exact) mass is 510 g/mol. The smallest absolute Gasteiger partial charge is 0.338 e. The van der Waals surface area contributed by atoms with E-state index in [1.54, 1.807) is 73.7 Å². The van der Waals surface area contributed by atoms with Crippen molar-refractivity contribution in [1.29, 1.82) is 0 Å². The summed E-state index contributed by atoms with van der Waals surface area (Å²) in [4.78, 5) is 25.1. The summed E-state index contributed by atoms with van der Waals surface area (Å²) in [5.74, 6) is -0.647. The topological polar surface area (TPSA) is 102 Å². The van der Waals surface area contributed by atoms with Crippen LogP contribution in [0.5, 0.6) is 5.75 Å². The van der Waals surface area contributed by atoms with Crippen LogP contribution in [-0.2, 0) is 19.6 Å². The zero-order valence-electron chi connectivity index (χ0n) is 20.3. The lowest BCUT2D eigenvalue weighted by Crippen LogP contribution is -2.38. The van der Waals surface area contributed by atoms with E-state index < -0.39 is 28.4 Å². The maximum Gasteiger partial charge on any atom is 0.338 e. The Kier molecular flexibility index (Phi) is 9.46. The van der Waals surface area contributed by atoms with Crippen LogP contribution in [0.1, 0.15) is 37.0 Å². The molecule has 3 rings (SSSR count). The van der Waals surface area contributed by atoms with Crippen molar-refractivity contribution in [3.05, 3.63) is 84.4 Å². The van der Waals surface area contributed by atoms with Crippen molar-refractivity contribution in [1.82, 2.24) is 0 Å². The molecule has 9 heteroatoms. The molecule has 0 aromatic heterocycles.